The third-order valence-corrected chi connectivity index (χ3v) is 3.10. The van der Waals surface area contributed by atoms with Crippen molar-refractivity contribution >= 4 is 5.91 Å². The zero-order valence-electron chi connectivity index (χ0n) is 9.05. The van der Waals surface area contributed by atoms with Crippen molar-refractivity contribution in [2.75, 3.05) is 13.1 Å². The lowest BCUT2D eigenvalue weighted by atomic mass is 9.91. The first-order valence-electron chi connectivity index (χ1n) is 5.36. The lowest BCUT2D eigenvalue weighted by Crippen LogP contribution is -2.34. The minimum Gasteiger partial charge on any atom is -0.343 e. The van der Waals surface area contributed by atoms with Crippen molar-refractivity contribution in [1.29, 1.82) is 0 Å². The first-order chi connectivity index (χ1) is 6.11. The molecule has 1 saturated heterocycles. The molecule has 1 aliphatic heterocycles. The Morgan fingerprint density at radius 3 is 2.62 bits per heavy atom. The van der Waals surface area contributed by atoms with Crippen LogP contribution in [0.15, 0.2) is 0 Å². The maximum absolute atomic E-state index is 11.2. The van der Waals surface area contributed by atoms with Gasteiger partial charge in [-0.25, -0.2) is 0 Å². The maximum Gasteiger partial charge on any atom is 0.219 e. The summed E-state index contributed by atoms with van der Waals surface area (Å²) in [6, 6.07) is 0. The van der Waals surface area contributed by atoms with E-state index in [1.807, 2.05) is 4.90 Å². The first-order valence-corrected chi connectivity index (χ1v) is 5.36. The van der Waals surface area contributed by atoms with Gasteiger partial charge in [0.05, 0.1) is 0 Å². The number of rotatable bonds is 1. The molecular formula is C11H21NO. The van der Waals surface area contributed by atoms with Gasteiger partial charge in [-0.2, -0.15) is 0 Å². The molecule has 1 aliphatic rings. The van der Waals surface area contributed by atoms with Crippen molar-refractivity contribution in [3.63, 3.8) is 0 Å². The SMILES string of the molecule is CC(=O)N1CCCCC(C(C)C)C1. The molecule has 0 aromatic carbocycles. The van der Waals surface area contributed by atoms with Crippen LogP contribution in [0.3, 0.4) is 0 Å². The quantitative estimate of drug-likeness (QED) is 0.611. The predicted molar refractivity (Wildman–Crippen MR) is 54.4 cm³/mol. The second kappa shape index (κ2) is 4.64. The molecule has 1 fully saturated rings. The summed E-state index contributed by atoms with van der Waals surface area (Å²) < 4.78 is 0. The molecule has 0 aliphatic carbocycles. The Balaban J connectivity index is 2.54. The van der Waals surface area contributed by atoms with Crippen LogP contribution in [0.5, 0.6) is 0 Å². The van der Waals surface area contributed by atoms with Gasteiger partial charge in [-0.15, -0.1) is 0 Å². The van der Waals surface area contributed by atoms with Crippen molar-refractivity contribution in [3.8, 4) is 0 Å². The monoisotopic (exact) mass is 183 g/mol. The summed E-state index contributed by atoms with van der Waals surface area (Å²) in [5, 5.41) is 0. The Bertz CT molecular complexity index is 177. The van der Waals surface area contributed by atoms with Crippen molar-refractivity contribution in [2.45, 2.75) is 40.0 Å². The number of carbonyl (C=O) groups is 1. The summed E-state index contributed by atoms with van der Waals surface area (Å²) in [6.07, 6.45) is 3.76. The van der Waals surface area contributed by atoms with Crippen LogP contribution in [0.4, 0.5) is 0 Å². The average molecular weight is 183 g/mol. The molecule has 0 aromatic rings. The van der Waals surface area contributed by atoms with Gasteiger partial charge in [-0.1, -0.05) is 20.3 Å². The van der Waals surface area contributed by atoms with E-state index in [-0.39, 0.29) is 5.91 Å². The van der Waals surface area contributed by atoms with Gasteiger partial charge >= 0.3 is 0 Å². The second-order valence-electron chi connectivity index (χ2n) is 4.46. The van der Waals surface area contributed by atoms with E-state index >= 15 is 0 Å². The number of nitrogens with zero attached hydrogens (tertiary/aromatic N) is 1. The Hall–Kier alpha value is -0.530. The van der Waals surface area contributed by atoms with Crippen molar-refractivity contribution in [1.82, 2.24) is 4.90 Å². The van der Waals surface area contributed by atoms with Crippen LogP contribution in [-0.2, 0) is 4.79 Å². The van der Waals surface area contributed by atoms with E-state index in [0.29, 0.717) is 11.8 Å². The zero-order chi connectivity index (χ0) is 9.84. The average Bonchev–Trinajstić information content (AvgIpc) is 2.28. The molecule has 1 rings (SSSR count). The molecule has 0 saturated carbocycles. The molecule has 2 heteroatoms. The molecule has 0 N–H and O–H groups in total. The summed E-state index contributed by atoms with van der Waals surface area (Å²) in [5.74, 6) is 1.67. The third kappa shape index (κ3) is 3.02. The van der Waals surface area contributed by atoms with Crippen LogP contribution in [0.2, 0.25) is 0 Å². The molecule has 0 radical (unpaired) electrons. The van der Waals surface area contributed by atoms with Gasteiger partial charge in [0.2, 0.25) is 5.91 Å². The van der Waals surface area contributed by atoms with Gasteiger partial charge in [0.1, 0.15) is 0 Å². The highest BCUT2D eigenvalue weighted by Gasteiger charge is 2.21. The molecule has 1 atom stereocenters. The molecule has 1 heterocycles. The minimum absolute atomic E-state index is 0.243. The Morgan fingerprint density at radius 1 is 1.38 bits per heavy atom. The molecular weight excluding hydrogens is 162 g/mol. The largest absolute Gasteiger partial charge is 0.343 e. The molecule has 1 amide bonds. The highest BCUT2D eigenvalue weighted by molar-refractivity contribution is 5.73. The molecule has 13 heavy (non-hydrogen) atoms. The number of likely N-dealkylation sites (tertiary alicyclic amines) is 1. The first kappa shape index (κ1) is 10.6. The minimum atomic E-state index is 0.243. The molecule has 0 bridgehead atoms. The van der Waals surface area contributed by atoms with E-state index in [1.165, 1.54) is 19.3 Å². The predicted octanol–water partition coefficient (Wildman–Crippen LogP) is 2.29. The van der Waals surface area contributed by atoms with E-state index < -0.39 is 0 Å². The molecule has 0 aromatic heterocycles. The topological polar surface area (TPSA) is 20.3 Å². The number of hydrogen-bond donors (Lipinski definition) is 0. The van der Waals surface area contributed by atoms with Crippen LogP contribution in [-0.4, -0.2) is 23.9 Å². The molecule has 0 spiro atoms. The molecule has 76 valence electrons. The number of carbonyl (C=O) groups excluding carboxylic acids is 1. The zero-order valence-corrected chi connectivity index (χ0v) is 9.05. The van der Waals surface area contributed by atoms with Crippen LogP contribution < -0.4 is 0 Å². The Kier molecular flexibility index (Phi) is 3.76. The van der Waals surface area contributed by atoms with E-state index in [4.69, 9.17) is 0 Å². The summed E-state index contributed by atoms with van der Waals surface area (Å²) >= 11 is 0. The fraction of sp³-hybridized carbons (Fsp3) is 0.909. The summed E-state index contributed by atoms with van der Waals surface area (Å²) in [4.78, 5) is 13.3. The van der Waals surface area contributed by atoms with Gasteiger partial charge in [-0.3, -0.25) is 4.79 Å². The van der Waals surface area contributed by atoms with Crippen molar-refractivity contribution < 1.29 is 4.79 Å². The lowest BCUT2D eigenvalue weighted by Gasteiger charge is -2.25. The van der Waals surface area contributed by atoms with Crippen LogP contribution in [0.1, 0.15) is 40.0 Å². The van der Waals surface area contributed by atoms with Gasteiger partial charge in [0, 0.05) is 20.0 Å². The summed E-state index contributed by atoms with van der Waals surface area (Å²) in [6.45, 7) is 8.15. The van der Waals surface area contributed by atoms with E-state index in [0.717, 1.165) is 13.1 Å². The van der Waals surface area contributed by atoms with Crippen LogP contribution in [0.25, 0.3) is 0 Å². The number of amides is 1. The number of hydrogen-bond acceptors (Lipinski definition) is 1. The van der Waals surface area contributed by atoms with Gasteiger partial charge in [0.25, 0.3) is 0 Å². The van der Waals surface area contributed by atoms with E-state index in [9.17, 15) is 4.79 Å². The standard InChI is InChI=1S/C11H21NO/c1-9(2)11-6-4-5-7-12(8-11)10(3)13/h9,11H,4-8H2,1-3H3. The maximum atomic E-state index is 11.2. The highest BCUT2D eigenvalue weighted by Crippen LogP contribution is 2.22. The fourth-order valence-corrected chi connectivity index (χ4v) is 2.00. The van der Waals surface area contributed by atoms with Crippen molar-refractivity contribution in [3.05, 3.63) is 0 Å². The van der Waals surface area contributed by atoms with E-state index in [1.54, 1.807) is 6.92 Å². The van der Waals surface area contributed by atoms with Gasteiger partial charge in [0.15, 0.2) is 0 Å². The third-order valence-electron chi connectivity index (χ3n) is 3.10. The Labute approximate surface area is 81.3 Å². The molecule has 2 nitrogen and oxygen atoms in total. The summed E-state index contributed by atoms with van der Waals surface area (Å²) in [7, 11) is 0. The van der Waals surface area contributed by atoms with Crippen molar-refractivity contribution in [2.24, 2.45) is 11.8 Å². The smallest absolute Gasteiger partial charge is 0.219 e. The molecule has 1 unspecified atom stereocenters. The second-order valence-corrected chi connectivity index (χ2v) is 4.46. The van der Waals surface area contributed by atoms with Crippen LogP contribution >= 0.6 is 0 Å². The van der Waals surface area contributed by atoms with Crippen LogP contribution in [0, 0.1) is 11.8 Å². The van der Waals surface area contributed by atoms with Gasteiger partial charge < -0.3 is 4.90 Å². The summed E-state index contributed by atoms with van der Waals surface area (Å²) in [5.41, 5.74) is 0. The highest BCUT2D eigenvalue weighted by atomic mass is 16.2. The Morgan fingerprint density at radius 2 is 2.08 bits per heavy atom. The van der Waals surface area contributed by atoms with Gasteiger partial charge in [-0.05, 0) is 24.7 Å². The normalized spacial score (nSPS) is 24.6. The van der Waals surface area contributed by atoms with E-state index in [2.05, 4.69) is 13.8 Å². The fourth-order valence-electron chi connectivity index (χ4n) is 2.00. The lowest BCUT2D eigenvalue weighted by molar-refractivity contribution is -0.129.